The first-order chi connectivity index (χ1) is 8.46. The minimum atomic E-state index is 0.0590. The van der Waals surface area contributed by atoms with Gasteiger partial charge in [0, 0.05) is 23.7 Å². The van der Waals surface area contributed by atoms with E-state index in [4.69, 9.17) is 16.1 Å². The van der Waals surface area contributed by atoms with E-state index < -0.39 is 0 Å². The van der Waals surface area contributed by atoms with Gasteiger partial charge in [-0.05, 0) is 32.9 Å². The van der Waals surface area contributed by atoms with Gasteiger partial charge in [-0.1, -0.05) is 28.9 Å². The van der Waals surface area contributed by atoms with Crippen molar-refractivity contribution in [1.29, 1.82) is 0 Å². The van der Waals surface area contributed by atoms with E-state index in [1.165, 1.54) is 0 Å². The summed E-state index contributed by atoms with van der Waals surface area (Å²) in [6, 6.07) is 9.50. The normalized spacial score (nSPS) is 11.8. The Morgan fingerprint density at radius 1 is 1.28 bits per heavy atom. The zero-order valence-corrected chi connectivity index (χ0v) is 11.6. The van der Waals surface area contributed by atoms with Crippen LogP contribution in [0.4, 0.5) is 0 Å². The molecule has 0 radical (unpaired) electrons. The zero-order chi connectivity index (χ0) is 13.2. The van der Waals surface area contributed by atoms with Gasteiger partial charge in [-0.25, -0.2) is 0 Å². The zero-order valence-electron chi connectivity index (χ0n) is 10.8. The van der Waals surface area contributed by atoms with Crippen molar-refractivity contribution >= 4 is 11.6 Å². The van der Waals surface area contributed by atoms with Crippen molar-refractivity contribution in [2.45, 2.75) is 32.9 Å². The van der Waals surface area contributed by atoms with Crippen LogP contribution in [-0.4, -0.2) is 10.7 Å². The fourth-order valence-electron chi connectivity index (χ4n) is 1.54. The second-order valence-electron chi connectivity index (χ2n) is 5.27. The van der Waals surface area contributed by atoms with Crippen LogP contribution >= 0.6 is 11.6 Å². The quantitative estimate of drug-likeness (QED) is 0.914. The molecule has 0 spiro atoms. The molecule has 2 aromatic rings. The Kier molecular flexibility index (Phi) is 3.73. The molecule has 0 fully saturated rings. The molecule has 1 aromatic heterocycles. The Bertz CT molecular complexity index is 529. The number of benzene rings is 1. The van der Waals surface area contributed by atoms with Gasteiger partial charge < -0.3 is 9.84 Å². The van der Waals surface area contributed by atoms with Gasteiger partial charge in [-0.15, -0.1) is 0 Å². The highest BCUT2D eigenvalue weighted by Crippen LogP contribution is 2.27. The maximum absolute atomic E-state index is 6.11. The van der Waals surface area contributed by atoms with Crippen molar-refractivity contribution in [2.24, 2.45) is 0 Å². The number of halogens is 1. The third-order valence-electron chi connectivity index (χ3n) is 2.50. The lowest BCUT2D eigenvalue weighted by Crippen LogP contribution is -2.35. The summed E-state index contributed by atoms with van der Waals surface area (Å²) in [6.45, 7) is 7.02. The number of nitrogens with zero attached hydrogens (tertiary/aromatic N) is 1. The van der Waals surface area contributed by atoms with Gasteiger partial charge in [0.1, 0.15) is 0 Å². The van der Waals surface area contributed by atoms with Crippen LogP contribution in [-0.2, 0) is 6.54 Å². The van der Waals surface area contributed by atoms with Crippen LogP contribution in [0.1, 0.15) is 26.5 Å². The second-order valence-corrected chi connectivity index (χ2v) is 5.67. The standard InChI is InChI=1S/C14H17ClN2O/c1-14(2,3)16-9-10-8-13(18-17-10)11-6-4-5-7-12(11)15/h4-8,16H,9H2,1-3H3. The Labute approximate surface area is 112 Å². The molecule has 1 aromatic carbocycles. The number of hydrogen-bond donors (Lipinski definition) is 1. The summed E-state index contributed by atoms with van der Waals surface area (Å²) in [7, 11) is 0. The van der Waals surface area contributed by atoms with Crippen molar-refractivity contribution < 1.29 is 4.52 Å². The molecule has 0 saturated heterocycles. The molecule has 1 heterocycles. The van der Waals surface area contributed by atoms with Crippen LogP contribution in [0.3, 0.4) is 0 Å². The van der Waals surface area contributed by atoms with Gasteiger partial charge >= 0.3 is 0 Å². The fraction of sp³-hybridized carbons (Fsp3) is 0.357. The summed E-state index contributed by atoms with van der Waals surface area (Å²) in [5.41, 5.74) is 1.80. The molecule has 1 N–H and O–H groups in total. The van der Waals surface area contributed by atoms with Gasteiger partial charge in [-0.2, -0.15) is 0 Å². The topological polar surface area (TPSA) is 38.1 Å². The van der Waals surface area contributed by atoms with Crippen LogP contribution in [0, 0.1) is 0 Å². The van der Waals surface area contributed by atoms with E-state index in [0.29, 0.717) is 17.3 Å². The van der Waals surface area contributed by atoms with Gasteiger partial charge in [0.25, 0.3) is 0 Å². The minimum Gasteiger partial charge on any atom is -0.356 e. The lowest BCUT2D eigenvalue weighted by atomic mass is 10.1. The molecule has 0 saturated carbocycles. The first-order valence-electron chi connectivity index (χ1n) is 5.91. The van der Waals surface area contributed by atoms with Crippen LogP contribution in [0.5, 0.6) is 0 Å². The number of rotatable bonds is 3. The summed E-state index contributed by atoms with van der Waals surface area (Å²) in [6.07, 6.45) is 0. The van der Waals surface area contributed by atoms with Crippen molar-refractivity contribution in [1.82, 2.24) is 10.5 Å². The lowest BCUT2D eigenvalue weighted by molar-refractivity contribution is 0.392. The van der Waals surface area contributed by atoms with E-state index >= 15 is 0 Å². The molecule has 0 amide bonds. The molecular formula is C14H17ClN2O. The van der Waals surface area contributed by atoms with Gasteiger partial charge in [0.15, 0.2) is 5.76 Å². The van der Waals surface area contributed by atoms with Crippen molar-refractivity contribution in [2.75, 3.05) is 0 Å². The summed E-state index contributed by atoms with van der Waals surface area (Å²) in [5.74, 6) is 0.700. The van der Waals surface area contributed by atoms with Crippen molar-refractivity contribution in [3.63, 3.8) is 0 Å². The Hall–Kier alpha value is -1.32. The Morgan fingerprint density at radius 3 is 2.67 bits per heavy atom. The smallest absolute Gasteiger partial charge is 0.168 e. The molecule has 3 nitrogen and oxygen atoms in total. The first kappa shape index (κ1) is 13.1. The SMILES string of the molecule is CC(C)(C)NCc1cc(-c2ccccc2Cl)on1. The van der Waals surface area contributed by atoms with Crippen molar-refractivity contribution in [3.05, 3.63) is 41.0 Å². The highest BCUT2D eigenvalue weighted by Gasteiger charge is 2.12. The number of nitrogens with one attached hydrogen (secondary N) is 1. The van der Waals surface area contributed by atoms with E-state index in [2.05, 4.69) is 31.2 Å². The molecule has 2 rings (SSSR count). The number of hydrogen-bond acceptors (Lipinski definition) is 3. The lowest BCUT2D eigenvalue weighted by Gasteiger charge is -2.19. The van der Waals surface area contributed by atoms with E-state index in [0.717, 1.165) is 11.3 Å². The molecule has 0 unspecified atom stereocenters. The molecule has 0 atom stereocenters. The highest BCUT2D eigenvalue weighted by atomic mass is 35.5. The van der Waals surface area contributed by atoms with Crippen LogP contribution in [0.25, 0.3) is 11.3 Å². The maximum atomic E-state index is 6.11. The van der Waals surface area contributed by atoms with Gasteiger partial charge in [-0.3, -0.25) is 0 Å². The summed E-state index contributed by atoms with van der Waals surface area (Å²) >= 11 is 6.11. The van der Waals surface area contributed by atoms with Crippen LogP contribution in [0.15, 0.2) is 34.9 Å². The molecule has 0 bridgehead atoms. The third kappa shape index (κ3) is 3.34. The minimum absolute atomic E-state index is 0.0590. The molecule has 96 valence electrons. The van der Waals surface area contributed by atoms with Gasteiger partial charge in [0.05, 0.1) is 10.7 Å². The molecule has 0 aliphatic rings. The summed E-state index contributed by atoms with van der Waals surface area (Å²) in [5, 5.41) is 8.07. The summed E-state index contributed by atoms with van der Waals surface area (Å²) in [4.78, 5) is 0. The second kappa shape index (κ2) is 5.12. The molecule has 4 heteroatoms. The number of aromatic nitrogens is 1. The fourth-order valence-corrected chi connectivity index (χ4v) is 1.77. The highest BCUT2D eigenvalue weighted by molar-refractivity contribution is 6.33. The largest absolute Gasteiger partial charge is 0.356 e. The summed E-state index contributed by atoms with van der Waals surface area (Å²) < 4.78 is 5.32. The van der Waals surface area contributed by atoms with E-state index in [9.17, 15) is 0 Å². The van der Waals surface area contributed by atoms with Crippen molar-refractivity contribution in [3.8, 4) is 11.3 Å². The maximum Gasteiger partial charge on any atom is 0.168 e. The molecular weight excluding hydrogens is 248 g/mol. The first-order valence-corrected chi connectivity index (χ1v) is 6.29. The predicted octanol–water partition coefficient (Wildman–Crippen LogP) is 3.88. The van der Waals surface area contributed by atoms with E-state index in [-0.39, 0.29) is 5.54 Å². The molecule has 0 aliphatic carbocycles. The Morgan fingerprint density at radius 2 is 2.00 bits per heavy atom. The predicted molar refractivity (Wildman–Crippen MR) is 73.5 cm³/mol. The van der Waals surface area contributed by atoms with Gasteiger partial charge in [0.2, 0.25) is 0 Å². The average molecular weight is 265 g/mol. The molecule has 18 heavy (non-hydrogen) atoms. The van der Waals surface area contributed by atoms with E-state index in [1.807, 2.05) is 30.3 Å². The average Bonchev–Trinajstić information content (AvgIpc) is 2.75. The van der Waals surface area contributed by atoms with Crippen LogP contribution < -0.4 is 5.32 Å². The van der Waals surface area contributed by atoms with E-state index in [1.54, 1.807) is 0 Å². The van der Waals surface area contributed by atoms with Crippen LogP contribution in [0.2, 0.25) is 5.02 Å². The third-order valence-corrected chi connectivity index (χ3v) is 2.83. The Balaban J connectivity index is 2.14. The monoisotopic (exact) mass is 264 g/mol. The molecule has 0 aliphatic heterocycles.